The molecule has 1 aromatic carbocycles. The first-order chi connectivity index (χ1) is 9.39. The van der Waals surface area contributed by atoms with Gasteiger partial charge < -0.3 is 15.4 Å². The smallest absolute Gasteiger partial charge is 0.224 e. The third-order valence-electron chi connectivity index (χ3n) is 3.76. The highest BCUT2D eigenvalue weighted by Crippen LogP contribution is 2.27. The second-order valence-electron chi connectivity index (χ2n) is 6.13. The van der Waals surface area contributed by atoms with Crippen LogP contribution in [0.4, 0.5) is 11.4 Å². The number of hydrogen-bond donors (Lipinski definition) is 2. The maximum atomic E-state index is 11.3. The molecule has 0 bridgehead atoms. The summed E-state index contributed by atoms with van der Waals surface area (Å²) in [7, 11) is 1.74. The number of hydrogen-bond acceptors (Lipinski definition) is 3. The number of carbonyl (C=O) groups excluding carboxylic acids is 1. The van der Waals surface area contributed by atoms with Crippen LogP contribution in [0.2, 0.25) is 0 Å². The molecule has 0 spiro atoms. The lowest BCUT2D eigenvalue weighted by Crippen LogP contribution is -2.31. The summed E-state index contributed by atoms with van der Waals surface area (Å²) in [6, 6.07) is 6.44. The molecule has 110 valence electrons. The number of ether oxygens (including phenoxy) is 1. The van der Waals surface area contributed by atoms with Crippen LogP contribution in [0.25, 0.3) is 0 Å². The Bertz CT molecular complexity index is 497. The van der Waals surface area contributed by atoms with E-state index in [4.69, 9.17) is 4.74 Å². The van der Waals surface area contributed by atoms with Crippen molar-refractivity contribution < 1.29 is 9.53 Å². The number of aryl methyl sites for hydroxylation is 1. The fourth-order valence-electron chi connectivity index (χ4n) is 2.63. The Morgan fingerprint density at radius 1 is 1.40 bits per heavy atom. The molecule has 1 heterocycles. The van der Waals surface area contributed by atoms with E-state index in [1.807, 2.05) is 12.1 Å². The third kappa shape index (κ3) is 3.73. The van der Waals surface area contributed by atoms with E-state index in [9.17, 15) is 4.79 Å². The lowest BCUT2D eigenvalue weighted by Gasteiger charge is -2.28. The molecule has 1 aliphatic heterocycles. The van der Waals surface area contributed by atoms with Crippen LogP contribution in [0.15, 0.2) is 18.2 Å². The van der Waals surface area contributed by atoms with Crippen molar-refractivity contribution in [2.24, 2.45) is 0 Å². The fourth-order valence-corrected chi connectivity index (χ4v) is 2.63. The molecule has 0 radical (unpaired) electrons. The van der Waals surface area contributed by atoms with Gasteiger partial charge in [-0.3, -0.25) is 4.79 Å². The summed E-state index contributed by atoms with van der Waals surface area (Å²) >= 11 is 0. The molecule has 0 aliphatic carbocycles. The lowest BCUT2D eigenvalue weighted by molar-refractivity contribution is -0.116. The van der Waals surface area contributed by atoms with Gasteiger partial charge in [0.05, 0.1) is 5.60 Å². The van der Waals surface area contributed by atoms with Crippen molar-refractivity contribution >= 4 is 17.3 Å². The lowest BCUT2D eigenvalue weighted by atomic mass is 9.99. The standard InChI is InChI=1S/C16H24N2O2/c1-11(10-16(2,3)20-4)17-13-6-7-14-12(9-13)5-8-15(19)18-14/h6-7,9,11,17H,5,8,10H2,1-4H3,(H,18,19). The fraction of sp³-hybridized carbons (Fsp3) is 0.562. The average molecular weight is 276 g/mol. The van der Waals surface area contributed by atoms with E-state index >= 15 is 0 Å². The number of carbonyl (C=O) groups is 1. The molecule has 4 heteroatoms. The van der Waals surface area contributed by atoms with Gasteiger partial charge in [0.15, 0.2) is 0 Å². The molecule has 2 rings (SSSR count). The topological polar surface area (TPSA) is 50.4 Å². The second-order valence-corrected chi connectivity index (χ2v) is 6.13. The van der Waals surface area contributed by atoms with E-state index in [0.29, 0.717) is 12.5 Å². The van der Waals surface area contributed by atoms with Gasteiger partial charge in [0, 0.05) is 30.9 Å². The van der Waals surface area contributed by atoms with E-state index in [1.54, 1.807) is 7.11 Å². The van der Waals surface area contributed by atoms with Crippen LogP contribution in [-0.2, 0) is 16.0 Å². The van der Waals surface area contributed by atoms with Crippen LogP contribution >= 0.6 is 0 Å². The van der Waals surface area contributed by atoms with E-state index in [2.05, 4.69) is 37.5 Å². The zero-order valence-electron chi connectivity index (χ0n) is 12.7. The maximum Gasteiger partial charge on any atom is 0.224 e. The highest BCUT2D eigenvalue weighted by molar-refractivity contribution is 5.94. The summed E-state index contributed by atoms with van der Waals surface area (Å²) in [5, 5.41) is 6.40. The third-order valence-corrected chi connectivity index (χ3v) is 3.76. The number of rotatable bonds is 5. The van der Waals surface area contributed by atoms with E-state index in [0.717, 1.165) is 24.2 Å². The largest absolute Gasteiger partial charge is 0.382 e. The number of anilines is 2. The minimum Gasteiger partial charge on any atom is -0.382 e. The van der Waals surface area contributed by atoms with Crippen LogP contribution in [0.5, 0.6) is 0 Å². The van der Waals surface area contributed by atoms with E-state index in [1.165, 1.54) is 5.56 Å². The number of benzene rings is 1. The Kier molecular flexibility index (Phi) is 4.33. The quantitative estimate of drug-likeness (QED) is 0.868. The zero-order valence-corrected chi connectivity index (χ0v) is 12.7. The molecule has 0 fully saturated rings. The van der Waals surface area contributed by atoms with Gasteiger partial charge in [-0.15, -0.1) is 0 Å². The summed E-state index contributed by atoms with van der Waals surface area (Å²) in [6.45, 7) is 6.34. The predicted molar refractivity (Wildman–Crippen MR) is 82.2 cm³/mol. The molecule has 20 heavy (non-hydrogen) atoms. The van der Waals surface area contributed by atoms with Crippen molar-refractivity contribution in [1.29, 1.82) is 0 Å². The highest BCUT2D eigenvalue weighted by Gasteiger charge is 2.20. The molecule has 0 aromatic heterocycles. The second kappa shape index (κ2) is 5.83. The van der Waals surface area contributed by atoms with Crippen LogP contribution in [-0.4, -0.2) is 24.7 Å². The van der Waals surface area contributed by atoms with Crippen LogP contribution in [0.3, 0.4) is 0 Å². The molecular formula is C16H24N2O2. The summed E-state index contributed by atoms with van der Waals surface area (Å²) in [5.41, 5.74) is 3.11. The molecule has 2 N–H and O–H groups in total. The van der Waals surface area contributed by atoms with Gasteiger partial charge in [-0.05, 0) is 57.4 Å². The first-order valence-electron chi connectivity index (χ1n) is 7.14. The van der Waals surface area contributed by atoms with Crippen molar-refractivity contribution in [3.63, 3.8) is 0 Å². The van der Waals surface area contributed by atoms with Crippen LogP contribution in [0, 0.1) is 0 Å². The Morgan fingerprint density at radius 3 is 2.85 bits per heavy atom. The molecule has 1 amide bonds. The molecule has 1 atom stereocenters. The molecule has 0 saturated carbocycles. The number of nitrogens with one attached hydrogen (secondary N) is 2. The summed E-state index contributed by atoms with van der Waals surface area (Å²) < 4.78 is 5.46. The Balaban J connectivity index is 2.02. The number of fused-ring (bicyclic) bond motifs is 1. The van der Waals surface area contributed by atoms with E-state index in [-0.39, 0.29) is 11.5 Å². The number of amides is 1. The van der Waals surface area contributed by atoms with Crippen molar-refractivity contribution in [2.75, 3.05) is 17.7 Å². The predicted octanol–water partition coefficient (Wildman–Crippen LogP) is 3.19. The summed E-state index contributed by atoms with van der Waals surface area (Å²) in [6.07, 6.45) is 2.31. The van der Waals surface area contributed by atoms with Crippen LogP contribution < -0.4 is 10.6 Å². The van der Waals surface area contributed by atoms with Crippen molar-refractivity contribution in [3.8, 4) is 0 Å². The maximum absolute atomic E-state index is 11.3. The van der Waals surface area contributed by atoms with E-state index < -0.39 is 0 Å². The summed E-state index contributed by atoms with van der Waals surface area (Å²) in [5.74, 6) is 0.105. The van der Waals surface area contributed by atoms with Gasteiger partial charge in [0.2, 0.25) is 5.91 Å². The zero-order chi connectivity index (χ0) is 14.8. The Labute approximate surface area is 120 Å². The molecular weight excluding hydrogens is 252 g/mol. The molecule has 1 aromatic rings. The highest BCUT2D eigenvalue weighted by atomic mass is 16.5. The van der Waals surface area contributed by atoms with Crippen molar-refractivity contribution in [2.45, 2.75) is 51.7 Å². The SMILES string of the molecule is COC(C)(C)CC(C)Nc1ccc2c(c1)CCC(=O)N2. The Hall–Kier alpha value is -1.55. The van der Waals surface area contributed by atoms with Gasteiger partial charge in [0.1, 0.15) is 0 Å². The average Bonchev–Trinajstić information content (AvgIpc) is 2.38. The normalized spacial score (nSPS) is 16.3. The monoisotopic (exact) mass is 276 g/mol. The minimum absolute atomic E-state index is 0.105. The van der Waals surface area contributed by atoms with Crippen LogP contribution in [0.1, 0.15) is 39.2 Å². The van der Waals surface area contributed by atoms with Gasteiger partial charge in [-0.25, -0.2) is 0 Å². The summed E-state index contributed by atoms with van der Waals surface area (Å²) in [4.78, 5) is 11.3. The van der Waals surface area contributed by atoms with Gasteiger partial charge in [-0.2, -0.15) is 0 Å². The first kappa shape index (κ1) is 14.9. The van der Waals surface area contributed by atoms with Crippen molar-refractivity contribution in [1.82, 2.24) is 0 Å². The molecule has 0 saturated heterocycles. The Morgan fingerprint density at radius 2 is 2.15 bits per heavy atom. The van der Waals surface area contributed by atoms with Gasteiger partial charge in [-0.1, -0.05) is 0 Å². The minimum atomic E-state index is -0.130. The van der Waals surface area contributed by atoms with Crippen molar-refractivity contribution in [3.05, 3.63) is 23.8 Å². The first-order valence-corrected chi connectivity index (χ1v) is 7.14. The number of methoxy groups -OCH3 is 1. The molecule has 1 unspecified atom stereocenters. The van der Waals surface area contributed by atoms with Gasteiger partial charge in [0.25, 0.3) is 0 Å². The van der Waals surface area contributed by atoms with Gasteiger partial charge >= 0.3 is 0 Å². The molecule has 4 nitrogen and oxygen atoms in total. The molecule has 1 aliphatic rings.